The van der Waals surface area contributed by atoms with Crippen LogP contribution in [0.25, 0.3) is 0 Å². The summed E-state index contributed by atoms with van der Waals surface area (Å²) in [7, 11) is 0. The molecule has 0 aromatic heterocycles. The molecule has 0 heterocycles. The predicted octanol–water partition coefficient (Wildman–Crippen LogP) is 4.20. The van der Waals surface area contributed by atoms with Crippen LogP contribution in [0.2, 0.25) is 0 Å². The van der Waals surface area contributed by atoms with Gasteiger partial charge in [-0.3, -0.25) is 19.8 Å². The molecule has 0 saturated carbocycles. The first-order valence-corrected chi connectivity index (χ1v) is 8.35. The number of hydrogen-bond acceptors (Lipinski definition) is 5. The van der Waals surface area contributed by atoms with Gasteiger partial charge in [-0.15, -0.1) is 0 Å². The Morgan fingerprint density at radius 2 is 1.96 bits per heavy atom. The third-order valence-corrected chi connectivity index (χ3v) is 3.57. The maximum absolute atomic E-state index is 12.7. The lowest BCUT2D eigenvalue weighted by Crippen LogP contribution is -2.46. The smallest absolute Gasteiger partial charge is 0.410 e. The van der Waals surface area contributed by atoms with Gasteiger partial charge in [0.1, 0.15) is 5.60 Å². The van der Waals surface area contributed by atoms with E-state index in [4.69, 9.17) is 4.74 Å². The summed E-state index contributed by atoms with van der Waals surface area (Å²) in [6.07, 6.45) is 1.02. The van der Waals surface area contributed by atoms with Crippen LogP contribution in [-0.4, -0.2) is 39.9 Å². The molecule has 25 heavy (non-hydrogen) atoms. The Morgan fingerprint density at radius 3 is 2.48 bits per heavy atom. The minimum Gasteiger partial charge on any atom is -0.444 e. The summed E-state index contributed by atoms with van der Waals surface area (Å²) in [5.41, 5.74) is -0.627. The van der Waals surface area contributed by atoms with E-state index in [1.165, 1.54) is 29.2 Å². The molecule has 1 unspecified atom stereocenters. The van der Waals surface area contributed by atoms with Crippen molar-refractivity contribution in [1.29, 1.82) is 0 Å². The van der Waals surface area contributed by atoms with Gasteiger partial charge in [0, 0.05) is 24.2 Å². The fourth-order valence-electron chi connectivity index (χ4n) is 2.25. The van der Waals surface area contributed by atoms with Crippen LogP contribution in [-0.2, 0) is 4.74 Å². The molecule has 1 rings (SSSR count). The average Bonchev–Trinajstić information content (AvgIpc) is 2.52. The Labute approximate surface area is 148 Å². The number of Topliss-reactive ketones (excluding diaryl/α,β-unsaturated/α-hetero) is 1. The minimum atomic E-state index is -0.775. The van der Waals surface area contributed by atoms with Gasteiger partial charge in [-0.2, -0.15) is 0 Å². The van der Waals surface area contributed by atoms with E-state index >= 15 is 0 Å². The molecule has 0 fully saturated rings. The van der Waals surface area contributed by atoms with Crippen molar-refractivity contribution < 1.29 is 19.2 Å². The van der Waals surface area contributed by atoms with Crippen molar-refractivity contribution in [1.82, 2.24) is 4.90 Å². The Balaban J connectivity index is 3.04. The van der Waals surface area contributed by atoms with Crippen LogP contribution in [0.4, 0.5) is 10.5 Å². The lowest BCUT2D eigenvalue weighted by atomic mass is 10.0. The summed E-state index contributed by atoms with van der Waals surface area (Å²) in [6.45, 7) is 9.26. The number of amides is 1. The minimum absolute atomic E-state index is 0.157. The molecule has 1 aromatic rings. The third-order valence-electron chi connectivity index (χ3n) is 3.57. The number of non-ortho nitro benzene ring substituents is 1. The van der Waals surface area contributed by atoms with Crippen LogP contribution in [0.5, 0.6) is 0 Å². The van der Waals surface area contributed by atoms with Gasteiger partial charge in [-0.05, 0) is 34.1 Å². The largest absolute Gasteiger partial charge is 0.444 e. The van der Waals surface area contributed by atoms with Crippen molar-refractivity contribution in [2.45, 2.75) is 59.1 Å². The van der Waals surface area contributed by atoms with Crippen molar-refractivity contribution >= 4 is 17.6 Å². The highest BCUT2D eigenvalue weighted by Crippen LogP contribution is 2.19. The highest BCUT2D eigenvalue weighted by molar-refractivity contribution is 6.01. The number of ketones is 1. The van der Waals surface area contributed by atoms with E-state index in [2.05, 4.69) is 0 Å². The Hall–Kier alpha value is -2.44. The second-order valence-corrected chi connectivity index (χ2v) is 6.87. The van der Waals surface area contributed by atoms with Crippen molar-refractivity contribution in [3.63, 3.8) is 0 Å². The van der Waals surface area contributed by atoms with E-state index < -0.39 is 22.7 Å². The van der Waals surface area contributed by atoms with Crippen LogP contribution in [0, 0.1) is 10.1 Å². The zero-order valence-electron chi connectivity index (χ0n) is 15.4. The van der Waals surface area contributed by atoms with Gasteiger partial charge in [0.15, 0.2) is 5.78 Å². The normalized spacial score (nSPS) is 12.4. The number of nitro benzene ring substituents is 1. The number of carbonyl (C=O) groups excluding carboxylic acids is 2. The number of nitro groups is 1. The molecule has 7 heteroatoms. The van der Waals surface area contributed by atoms with E-state index in [0.29, 0.717) is 6.54 Å². The summed E-state index contributed by atoms with van der Waals surface area (Å²) in [5.74, 6) is -0.356. The van der Waals surface area contributed by atoms with Crippen LogP contribution < -0.4 is 0 Å². The first-order chi connectivity index (χ1) is 11.6. The van der Waals surface area contributed by atoms with Crippen molar-refractivity contribution in [3.05, 3.63) is 39.9 Å². The van der Waals surface area contributed by atoms with Gasteiger partial charge in [0.25, 0.3) is 5.69 Å². The molecule has 1 amide bonds. The number of rotatable bonds is 7. The Morgan fingerprint density at radius 1 is 1.32 bits per heavy atom. The molecule has 1 atom stereocenters. The fourth-order valence-corrected chi connectivity index (χ4v) is 2.25. The van der Waals surface area contributed by atoms with E-state index in [1.54, 1.807) is 27.7 Å². The number of unbranched alkanes of at least 4 members (excludes halogenated alkanes) is 1. The SMILES string of the molecule is CCCCN(C(=O)OC(C)(C)C)C(C)C(=O)c1cccc([N+](=O)[O-])c1. The highest BCUT2D eigenvalue weighted by atomic mass is 16.6. The first-order valence-electron chi connectivity index (χ1n) is 8.35. The molecule has 0 bridgehead atoms. The number of carbonyl (C=O) groups is 2. The molecule has 138 valence electrons. The second kappa shape index (κ2) is 8.60. The monoisotopic (exact) mass is 350 g/mol. The standard InChI is InChI=1S/C18H26N2O5/c1-6-7-11-19(17(22)25-18(3,4)5)13(2)16(21)14-9-8-10-15(12-14)20(23)24/h8-10,12-13H,6-7,11H2,1-5H3. The molecule has 0 aliphatic heterocycles. The van der Waals surface area contributed by atoms with Crippen LogP contribution >= 0.6 is 0 Å². The summed E-state index contributed by atoms with van der Waals surface area (Å²) in [5, 5.41) is 10.9. The molecule has 1 aromatic carbocycles. The summed E-state index contributed by atoms with van der Waals surface area (Å²) in [4.78, 5) is 36.9. The number of hydrogen-bond donors (Lipinski definition) is 0. The number of benzene rings is 1. The lowest BCUT2D eigenvalue weighted by molar-refractivity contribution is -0.384. The van der Waals surface area contributed by atoms with Gasteiger partial charge in [0.2, 0.25) is 0 Å². The highest BCUT2D eigenvalue weighted by Gasteiger charge is 2.30. The second-order valence-electron chi connectivity index (χ2n) is 6.87. The summed E-state index contributed by atoms with van der Waals surface area (Å²) >= 11 is 0. The Bertz CT molecular complexity index is 637. The third kappa shape index (κ3) is 6.17. The van der Waals surface area contributed by atoms with Gasteiger partial charge in [-0.25, -0.2) is 4.79 Å². The summed E-state index contributed by atoms with van der Waals surface area (Å²) < 4.78 is 5.39. The Kier molecular flexibility index (Phi) is 7.09. The zero-order valence-corrected chi connectivity index (χ0v) is 15.4. The maximum Gasteiger partial charge on any atom is 0.410 e. The molecule has 0 spiro atoms. The molecular formula is C18H26N2O5. The molecule has 0 aliphatic carbocycles. The molecule has 7 nitrogen and oxygen atoms in total. The zero-order chi connectivity index (χ0) is 19.2. The quantitative estimate of drug-likeness (QED) is 0.417. The summed E-state index contributed by atoms with van der Waals surface area (Å²) in [6, 6.07) is 4.75. The van der Waals surface area contributed by atoms with Crippen LogP contribution in [0.1, 0.15) is 57.8 Å². The molecule has 0 radical (unpaired) electrons. The maximum atomic E-state index is 12.7. The van der Waals surface area contributed by atoms with Crippen molar-refractivity contribution in [2.24, 2.45) is 0 Å². The van der Waals surface area contributed by atoms with Gasteiger partial charge in [0.05, 0.1) is 11.0 Å². The van der Waals surface area contributed by atoms with E-state index in [-0.39, 0.29) is 17.0 Å². The molecule has 0 aliphatic rings. The van der Waals surface area contributed by atoms with Gasteiger partial charge in [-0.1, -0.05) is 25.5 Å². The van der Waals surface area contributed by atoms with Crippen molar-refractivity contribution in [2.75, 3.05) is 6.54 Å². The van der Waals surface area contributed by atoms with Crippen LogP contribution in [0.3, 0.4) is 0 Å². The topological polar surface area (TPSA) is 89.8 Å². The lowest BCUT2D eigenvalue weighted by Gasteiger charge is -2.31. The van der Waals surface area contributed by atoms with E-state index in [0.717, 1.165) is 12.8 Å². The number of nitrogens with zero attached hydrogens (tertiary/aromatic N) is 2. The van der Waals surface area contributed by atoms with E-state index in [9.17, 15) is 19.7 Å². The number of ether oxygens (including phenoxy) is 1. The average molecular weight is 350 g/mol. The van der Waals surface area contributed by atoms with Crippen LogP contribution in [0.15, 0.2) is 24.3 Å². The molecular weight excluding hydrogens is 324 g/mol. The molecule has 0 saturated heterocycles. The van der Waals surface area contributed by atoms with Gasteiger partial charge >= 0.3 is 6.09 Å². The van der Waals surface area contributed by atoms with Crippen molar-refractivity contribution in [3.8, 4) is 0 Å². The predicted molar refractivity (Wildman–Crippen MR) is 94.7 cm³/mol. The van der Waals surface area contributed by atoms with E-state index in [1.807, 2.05) is 6.92 Å². The fraction of sp³-hybridized carbons (Fsp3) is 0.556. The van der Waals surface area contributed by atoms with Gasteiger partial charge < -0.3 is 4.74 Å². The first kappa shape index (κ1) is 20.6. The molecule has 0 N–H and O–H groups in total.